The van der Waals surface area contributed by atoms with E-state index in [-0.39, 0.29) is 18.1 Å². The van der Waals surface area contributed by atoms with Crippen LogP contribution in [0.4, 0.5) is 0 Å². The van der Waals surface area contributed by atoms with Crippen LogP contribution in [-0.4, -0.2) is 26.2 Å². The van der Waals surface area contributed by atoms with Gasteiger partial charge in [0.05, 0.1) is 4.47 Å². The molecule has 0 saturated heterocycles. The van der Waals surface area contributed by atoms with Crippen molar-refractivity contribution in [1.82, 2.24) is 14.8 Å². The number of hydrogen-bond acceptors (Lipinski definition) is 6. The first-order valence-corrected chi connectivity index (χ1v) is 13.7. The van der Waals surface area contributed by atoms with Gasteiger partial charge in [0, 0.05) is 26.2 Å². The Morgan fingerprint density at radius 3 is 2.51 bits per heavy atom. The Morgan fingerprint density at radius 1 is 1.05 bits per heavy atom. The highest BCUT2D eigenvalue weighted by atomic mass is 79.9. The van der Waals surface area contributed by atoms with Crippen LogP contribution in [0.3, 0.4) is 0 Å². The lowest BCUT2D eigenvalue weighted by Gasteiger charge is -2.16. The van der Waals surface area contributed by atoms with Crippen LogP contribution in [0.15, 0.2) is 64.2 Å². The molecule has 0 N–H and O–H groups in total. The van der Waals surface area contributed by atoms with E-state index in [2.05, 4.69) is 39.1 Å². The molecule has 1 aromatic heterocycles. The van der Waals surface area contributed by atoms with Gasteiger partial charge in [-0.05, 0) is 89.8 Å². The van der Waals surface area contributed by atoms with Crippen LogP contribution in [0.1, 0.15) is 33.3 Å². The third-order valence-corrected chi connectivity index (χ3v) is 8.22. The van der Waals surface area contributed by atoms with Crippen LogP contribution < -0.4 is 4.74 Å². The van der Waals surface area contributed by atoms with E-state index in [1.807, 2.05) is 48.7 Å². The lowest BCUT2D eigenvalue weighted by atomic mass is 10.1. The van der Waals surface area contributed by atoms with E-state index in [9.17, 15) is 10.1 Å². The third kappa shape index (κ3) is 6.65. The van der Waals surface area contributed by atoms with Gasteiger partial charge >= 0.3 is 0 Å². The molecule has 11 heteroatoms. The summed E-state index contributed by atoms with van der Waals surface area (Å²) in [4.78, 5) is 11.3. The molecule has 0 bridgehead atoms. The number of thioether (sulfide) groups is 1. The Balaban J connectivity index is 1.58. The molecule has 4 rings (SSSR count). The maximum atomic E-state index is 11.6. The SMILES string of the molecule is Cc1ccc(-n2c(C)nnc2S[C@@H](C[N+](=O)[O-])c2ccc(OCc3ccc(Cl)cc3Cl)c(Br)c2)cc1C. The number of halogens is 3. The van der Waals surface area contributed by atoms with Crippen molar-refractivity contribution in [2.45, 2.75) is 37.8 Å². The highest BCUT2D eigenvalue weighted by Crippen LogP contribution is 2.39. The molecular formula is C26H23BrCl2N4O3S. The van der Waals surface area contributed by atoms with Crippen LogP contribution in [0.25, 0.3) is 5.69 Å². The Hall–Kier alpha value is -2.59. The zero-order valence-electron chi connectivity index (χ0n) is 20.2. The summed E-state index contributed by atoms with van der Waals surface area (Å²) < 4.78 is 8.54. The van der Waals surface area contributed by atoms with Gasteiger partial charge in [-0.1, -0.05) is 53.2 Å². The summed E-state index contributed by atoms with van der Waals surface area (Å²) in [5, 5.41) is 21.3. The van der Waals surface area contributed by atoms with Crippen molar-refractivity contribution in [3.63, 3.8) is 0 Å². The normalized spacial score (nSPS) is 11.9. The van der Waals surface area contributed by atoms with E-state index in [0.29, 0.717) is 31.2 Å². The lowest BCUT2D eigenvalue weighted by molar-refractivity contribution is -0.479. The van der Waals surface area contributed by atoms with E-state index < -0.39 is 5.25 Å². The first-order chi connectivity index (χ1) is 17.6. The smallest absolute Gasteiger partial charge is 0.220 e. The van der Waals surface area contributed by atoms with E-state index in [4.69, 9.17) is 27.9 Å². The second-order valence-corrected chi connectivity index (χ2v) is 11.3. The molecule has 0 aliphatic rings. The fraction of sp³-hybridized carbons (Fsp3) is 0.231. The van der Waals surface area contributed by atoms with Gasteiger partial charge in [-0.3, -0.25) is 14.7 Å². The molecule has 0 amide bonds. The van der Waals surface area contributed by atoms with E-state index in [0.717, 1.165) is 22.4 Å². The van der Waals surface area contributed by atoms with Gasteiger partial charge in [-0.2, -0.15) is 0 Å². The van der Waals surface area contributed by atoms with Gasteiger partial charge in [0.1, 0.15) is 23.4 Å². The van der Waals surface area contributed by atoms with Gasteiger partial charge in [-0.15, -0.1) is 10.2 Å². The van der Waals surface area contributed by atoms with Gasteiger partial charge in [-0.25, -0.2) is 0 Å². The summed E-state index contributed by atoms with van der Waals surface area (Å²) >= 11 is 17.1. The zero-order chi connectivity index (χ0) is 26.7. The molecule has 0 fully saturated rings. The molecule has 0 aliphatic carbocycles. The highest BCUT2D eigenvalue weighted by molar-refractivity contribution is 9.10. The zero-order valence-corrected chi connectivity index (χ0v) is 24.2. The van der Waals surface area contributed by atoms with Crippen molar-refractivity contribution in [1.29, 1.82) is 0 Å². The molecule has 0 saturated carbocycles. The Kier molecular flexibility index (Phi) is 8.79. The minimum Gasteiger partial charge on any atom is -0.488 e. The van der Waals surface area contributed by atoms with Crippen LogP contribution >= 0.6 is 50.9 Å². The topological polar surface area (TPSA) is 83.1 Å². The number of benzene rings is 3. The summed E-state index contributed by atoms with van der Waals surface area (Å²) in [6.07, 6.45) is 0. The fourth-order valence-electron chi connectivity index (χ4n) is 3.68. The van der Waals surface area contributed by atoms with Crippen molar-refractivity contribution in [2.75, 3.05) is 6.54 Å². The van der Waals surface area contributed by atoms with E-state index in [1.165, 1.54) is 17.3 Å². The molecule has 1 atom stereocenters. The van der Waals surface area contributed by atoms with Crippen molar-refractivity contribution in [3.8, 4) is 11.4 Å². The summed E-state index contributed by atoms with van der Waals surface area (Å²) in [7, 11) is 0. The number of nitro groups is 1. The number of aromatic nitrogens is 3. The van der Waals surface area contributed by atoms with Crippen LogP contribution in [-0.2, 0) is 6.61 Å². The molecule has 4 aromatic rings. The molecule has 3 aromatic carbocycles. The number of rotatable bonds is 9. The monoisotopic (exact) mass is 620 g/mol. The molecule has 0 radical (unpaired) electrons. The summed E-state index contributed by atoms with van der Waals surface area (Å²) in [5.41, 5.74) is 4.80. The minimum absolute atomic E-state index is 0.249. The number of ether oxygens (including phenoxy) is 1. The molecule has 1 heterocycles. The summed E-state index contributed by atoms with van der Waals surface area (Å²) in [5.74, 6) is 1.30. The third-order valence-electron chi connectivity index (χ3n) is 5.83. The first kappa shape index (κ1) is 27.4. The van der Waals surface area contributed by atoms with Gasteiger partial charge in [0.25, 0.3) is 0 Å². The van der Waals surface area contributed by atoms with Crippen molar-refractivity contribution >= 4 is 50.9 Å². The second kappa shape index (κ2) is 11.9. The number of aryl methyl sites for hydroxylation is 3. The predicted molar refractivity (Wildman–Crippen MR) is 151 cm³/mol. The minimum atomic E-state index is -0.500. The average Bonchev–Trinajstić information content (AvgIpc) is 3.20. The Labute approximate surface area is 237 Å². The van der Waals surface area contributed by atoms with Crippen LogP contribution in [0, 0.1) is 30.9 Å². The Morgan fingerprint density at radius 2 is 1.84 bits per heavy atom. The molecule has 0 spiro atoms. The van der Waals surface area contributed by atoms with E-state index >= 15 is 0 Å². The molecule has 37 heavy (non-hydrogen) atoms. The maximum Gasteiger partial charge on any atom is 0.220 e. The second-order valence-electron chi connectivity index (χ2n) is 8.47. The lowest BCUT2D eigenvalue weighted by Crippen LogP contribution is -2.11. The van der Waals surface area contributed by atoms with Crippen molar-refractivity contribution in [3.05, 3.63) is 107 Å². The van der Waals surface area contributed by atoms with Crippen LogP contribution in [0.2, 0.25) is 10.0 Å². The largest absolute Gasteiger partial charge is 0.488 e. The fourth-order valence-corrected chi connectivity index (χ4v) is 5.82. The molecular weight excluding hydrogens is 599 g/mol. The molecule has 7 nitrogen and oxygen atoms in total. The Bertz CT molecular complexity index is 1460. The van der Waals surface area contributed by atoms with Gasteiger partial charge in [0.2, 0.25) is 6.54 Å². The van der Waals surface area contributed by atoms with Crippen molar-refractivity contribution in [2.24, 2.45) is 0 Å². The summed E-state index contributed by atoms with van der Waals surface area (Å²) in [6.45, 7) is 5.93. The van der Waals surface area contributed by atoms with E-state index in [1.54, 1.807) is 18.2 Å². The van der Waals surface area contributed by atoms with Gasteiger partial charge in [0.15, 0.2) is 5.16 Å². The first-order valence-electron chi connectivity index (χ1n) is 11.3. The predicted octanol–water partition coefficient (Wildman–Crippen LogP) is 7.95. The van der Waals surface area contributed by atoms with Crippen LogP contribution in [0.5, 0.6) is 5.75 Å². The molecule has 0 unspecified atom stereocenters. The standard InChI is InChI=1S/C26H23BrCl2N4O3S/c1-15-4-8-21(10-16(15)2)33-17(3)30-31-26(33)37-25(13-32(34)35)18-6-9-24(22(27)11-18)36-14-19-5-7-20(28)12-23(19)29/h4-12,25H,13-14H2,1-3H3/t25-/m0/s1. The number of hydrogen-bond donors (Lipinski definition) is 0. The molecule has 192 valence electrons. The summed E-state index contributed by atoms with van der Waals surface area (Å²) in [6, 6.07) is 16.8. The van der Waals surface area contributed by atoms with Gasteiger partial charge < -0.3 is 4.74 Å². The highest BCUT2D eigenvalue weighted by Gasteiger charge is 2.25. The molecule has 0 aliphatic heterocycles. The number of nitrogens with zero attached hydrogens (tertiary/aromatic N) is 4. The maximum absolute atomic E-state index is 11.6. The quantitative estimate of drug-likeness (QED) is 0.107. The van der Waals surface area contributed by atoms with Crippen molar-refractivity contribution < 1.29 is 9.66 Å². The average molecular weight is 622 g/mol.